The van der Waals surface area contributed by atoms with Gasteiger partial charge in [0.25, 0.3) is 5.91 Å². The van der Waals surface area contributed by atoms with E-state index in [-0.39, 0.29) is 17.9 Å². The van der Waals surface area contributed by atoms with Crippen LogP contribution < -0.4 is 5.32 Å². The first kappa shape index (κ1) is 16.4. The lowest BCUT2D eigenvalue weighted by atomic mass is 9.96. The minimum absolute atomic E-state index is 0.0124. The second-order valence-corrected chi connectivity index (χ2v) is 7.79. The minimum atomic E-state index is -0.769. The molecule has 2 amide bonds. The van der Waals surface area contributed by atoms with Gasteiger partial charge in [-0.1, -0.05) is 12.8 Å². The second kappa shape index (κ2) is 6.37. The van der Waals surface area contributed by atoms with Crippen molar-refractivity contribution in [1.82, 2.24) is 19.0 Å². The highest BCUT2D eigenvalue weighted by atomic mass is 32.1. The number of amides is 2. The van der Waals surface area contributed by atoms with E-state index in [4.69, 9.17) is 0 Å². The number of benzene rings is 1. The van der Waals surface area contributed by atoms with Crippen LogP contribution in [0.4, 0.5) is 0 Å². The number of rotatable bonds is 3. The van der Waals surface area contributed by atoms with E-state index in [1.165, 1.54) is 12.8 Å². The van der Waals surface area contributed by atoms with Crippen molar-refractivity contribution in [3.05, 3.63) is 23.8 Å². The molecule has 1 aliphatic heterocycles. The van der Waals surface area contributed by atoms with Crippen LogP contribution in [0.1, 0.15) is 55.8 Å². The van der Waals surface area contributed by atoms with Crippen LogP contribution in [-0.2, 0) is 4.79 Å². The first-order valence-corrected chi connectivity index (χ1v) is 9.66. The highest BCUT2D eigenvalue weighted by molar-refractivity contribution is 7.00. The van der Waals surface area contributed by atoms with Gasteiger partial charge in [0.05, 0.1) is 11.7 Å². The molecular weight excluding hydrogens is 336 g/mol. The van der Waals surface area contributed by atoms with Gasteiger partial charge in [-0.3, -0.25) is 9.59 Å². The van der Waals surface area contributed by atoms with Crippen molar-refractivity contribution in [2.24, 2.45) is 0 Å². The molecule has 6 nitrogen and oxygen atoms in total. The number of carbonyl (C=O) groups is 2. The molecule has 2 aliphatic rings. The molecule has 1 atom stereocenters. The molecule has 2 aromatic rings. The Morgan fingerprint density at radius 2 is 1.96 bits per heavy atom. The lowest BCUT2D eigenvalue weighted by molar-refractivity contribution is -0.130. The molecule has 4 rings (SSSR count). The van der Waals surface area contributed by atoms with E-state index in [0.717, 1.165) is 42.0 Å². The molecule has 1 saturated heterocycles. The van der Waals surface area contributed by atoms with Crippen LogP contribution >= 0.6 is 11.7 Å². The summed E-state index contributed by atoms with van der Waals surface area (Å²) >= 11 is 1.14. The van der Waals surface area contributed by atoms with E-state index in [1.54, 1.807) is 17.0 Å². The second-order valence-electron chi connectivity index (χ2n) is 7.26. The van der Waals surface area contributed by atoms with Crippen molar-refractivity contribution in [3.8, 4) is 0 Å². The van der Waals surface area contributed by atoms with Gasteiger partial charge < -0.3 is 10.2 Å². The maximum Gasteiger partial charge on any atom is 0.254 e. The first-order valence-electron chi connectivity index (χ1n) is 8.93. The molecule has 1 aromatic carbocycles. The molecule has 1 N–H and O–H groups in total. The van der Waals surface area contributed by atoms with Gasteiger partial charge in [-0.05, 0) is 50.8 Å². The van der Waals surface area contributed by atoms with E-state index < -0.39 is 5.54 Å². The van der Waals surface area contributed by atoms with Crippen LogP contribution in [0, 0.1) is 0 Å². The van der Waals surface area contributed by atoms with E-state index in [9.17, 15) is 9.59 Å². The Bertz CT molecular complexity index is 814. The molecule has 0 unspecified atom stereocenters. The molecule has 0 radical (unpaired) electrons. The molecule has 7 heteroatoms. The van der Waals surface area contributed by atoms with Gasteiger partial charge in [0.2, 0.25) is 5.91 Å². The molecular formula is C18H22N4O2S. The molecule has 0 spiro atoms. The standard InChI is InChI=1S/C18H22N4O2S/c1-18(17(24)19-13-5-2-3-6-13)9-4-10-22(18)16(23)12-7-8-14-15(11-12)21-25-20-14/h7-8,11,13H,2-6,9-10H2,1H3,(H,19,24)/t18-/m1/s1. The number of fused-ring (bicyclic) bond motifs is 1. The van der Waals surface area contributed by atoms with Crippen LogP contribution in [0.3, 0.4) is 0 Å². The topological polar surface area (TPSA) is 75.2 Å². The largest absolute Gasteiger partial charge is 0.351 e. The Morgan fingerprint density at radius 1 is 1.20 bits per heavy atom. The van der Waals surface area contributed by atoms with Crippen molar-refractivity contribution in [2.75, 3.05) is 6.54 Å². The lowest BCUT2D eigenvalue weighted by Crippen LogP contribution is -2.56. The summed E-state index contributed by atoms with van der Waals surface area (Å²) in [4.78, 5) is 27.7. The Balaban J connectivity index is 1.56. The highest BCUT2D eigenvalue weighted by Crippen LogP contribution is 2.32. The quantitative estimate of drug-likeness (QED) is 0.915. The molecule has 1 aromatic heterocycles. The van der Waals surface area contributed by atoms with Crippen molar-refractivity contribution in [2.45, 2.75) is 57.0 Å². The zero-order valence-electron chi connectivity index (χ0n) is 14.3. The Kier molecular flexibility index (Phi) is 4.19. The van der Waals surface area contributed by atoms with Crippen LogP contribution in [0.2, 0.25) is 0 Å². The van der Waals surface area contributed by atoms with E-state index in [2.05, 4.69) is 14.1 Å². The number of aromatic nitrogens is 2. The zero-order chi connectivity index (χ0) is 17.4. The fraction of sp³-hybridized carbons (Fsp3) is 0.556. The van der Waals surface area contributed by atoms with Gasteiger partial charge in [0.1, 0.15) is 16.6 Å². The Hall–Kier alpha value is -2.02. The third-order valence-corrected chi connectivity index (χ3v) is 6.12. The average Bonchev–Trinajstić information content (AvgIpc) is 3.34. The summed E-state index contributed by atoms with van der Waals surface area (Å²) in [6.45, 7) is 2.51. The normalized spacial score (nSPS) is 24.1. The number of carbonyl (C=O) groups excluding carboxylic acids is 2. The van der Waals surface area contributed by atoms with Crippen molar-refractivity contribution in [3.63, 3.8) is 0 Å². The maximum atomic E-state index is 13.1. The maximum absolute atomic E-state index is 13.1. The molecule has 132 valence electrons. The summed E-state index contributed by atoms with van der Waals surface area (Å²) < 4.78 is 8.38. The Morgan fingerprint density at radius 3 is 2.76 bits per heavy atom. The fourth-order valence-electron chi connectivity index (χ4n) is 4.01. The summed E-state index contributed by atoms with van der Waals surface area (Å²) in [6, 6.07) is 5.63. The monoisotopic (exact) mass is 358 g/mol. The van der Waals surface area contributed by atoms with Gasteiger partial charge in [-0.25, -0.2) is 0 Å². The summed E-state index contributed by atoms with van der Waals surface area (Å²) in [7, 11) is 0. The van der Waals surface area contributed by atoms with Crippen LogP contribution in [0.5, 0.6) is 0 Å². The fourth-order valence-corrected chi connectivity index (χ4v) is 4.52. The van der Waals surface area contributed by atoms with Gasteiger partial charge in [0.15, 0.2) is 0 Å². The summed E-state index contributed by atoms with van der Waals surface area (Å²) in [5, 5.41) is 3.17. The third-order valence-electron chi connectivity index (χ3n) is 5.57. The van der Waals surface area contributed by atoms with E-state index in [1.807, 2.05) is 13.0 Å². The highest BCUT2D eigenvalue weighted by Gasteiger charge is 2.46. The minimum Gasteiger partial charge on any atom is -0.351 e. The summed E-state index contributed by atoms with van der Waals surface area (Å²) in [6.07, 6.45) is 5.99. The predicted molar refractivity (Wildman–Crippen MR) is 96.5 cm³/mol. The van der Waals surface area contributed by atoms with Crippen LogP contribution in [-0.4, -0.2) is 43.6 Å². The predicted octanol–water partition coefficient (Wildman–Crippen LogP) is 2.74. The SMILES string of the molecule is C[C@]1(C(=O)NC2CCCC2)CCCN1C(=O)c1ccc2nsnc2c1. The smallest absolute Gasteiger partial charge is 0.254 e. The van der Waals surface area contributed by atoms with Crippen molar-refractivity contribution < 1.29 is 9.59 Å². The van der Waals surface area contributed by atoms with Crippen LogP contribution in [0.25, 0.3) is 11.0 Å². The summed E-state index contributed by atoms with van der Waals surface area (Å²) in [5.74, 6) is -0.113. The molecule has 1 aliphatic carbocycles. The lowest BCUT2D eigenvalue weighted by Gasteiger charge is -2.35. The van der Waals surface area contributed by atoms with Gasteiger partial charge in [-0.2, -0.15) is 8.75 Å². The van der Waals surface area contributed by atoms with Gasteiger partial charge in [0, 0.05) is 18.2 Å². The van der Waals surface area contributed by atoms with Gasteiger partial charge >= 0.3 is 0 Å². The van der Waals surface area contributed by atoms with E-state index >= 15 is 0 Å². The van der Waals surface area contributed by atoms with Crippen molar-refractivity contribution >= 4 is 34.6 Å². The molecule has 2 heterocycles. The molecule has 25 heavy (non-hydrogen) atoms. The number of nitrogens with one attached hydrogen (secondary N) is 1. The van der Waals surface area contributed by atoms with Gasteiger partial charge in [-0.15, -0.1) is 0 Å². The number of nitrogens with zero attached hydrogens (tertiary/aromatic N) is 3. The molecule has 1 saturated carbocycles. The molecule has 2 fully saturated rings. The number of likely N-dealkylation sites (tertiary alicyclic amines) is 1. The molecule has 0 bridgehead atoms. The van der Waals surface area contributed by atoms with E-state index in [0.29, 0.717) is 18.5 Å². The first-order chi connectivity index (χ1) is 12.1. The Labute approximate surface area is 150 Å². The van der Waals surface area contributed by atoms with Crippen molar-refractivity contribution in [1.29, 1.82) is 0 Å². The third kappa shape index (κ3) is 2.90. The van der Waals surface area contributed by atoms with Crippen LogP contribution in [0.15, 0.2) is 18.2 Å². The average molecular weight is 358 g/mol. The zero-order valence-corrected chi connectivity index (χ0v) is 15.1. The number of hydrogen-bond acceptors (Lipinski definition) is 5. The summed E-state index contributed by atoms with van der Waals surface area (Å²) in [5.41, 5.74) is 1.33. The number of hydrogen-bond donors (Lipinski definition) is 1.